The predicted octanol–water partition coefficient (Wildman–Crippen LogP) is 2.06. The van der Waals surface area contributed by atoms with Gasteiger partial charge in [-0.25, -0.2) is 0 Å². The van der Waals surface area contributed by atoms with Gasteiger partial charge in [-0.2, -0.15) is 0 Å². The van der Waals surface area contributed by atoms with Crippen LogP contribution in [0.5, 0.6) is 0 Å². The first-order valence-corrected chi connectivity index (χ1v) is 8.76. The van der Waals surface area contributed by atoms with Gasteiger partial charge in [-0.15, -0.1) is 0 Å². The van der Waals surface area contributed by atoms with Crippen LogP contribution in [0.3, 0.4) is 0 Å². The van der Waals surface area contributed by atoms with Crippen molar-refractivity contribution in [3.63, 3.8) is 0 Å². The van der Waals surface area contributed by atoms with Gasteiger partial charge in [0.2, 0.25) is 0 Å². The number of hydrogen-bond donors (Lipinski definition) is 0. The minimum atomic E-state index is -0.196. The predicted molar refractivity (Wildman–Crippen MR) is 92.6 cm³/mol. The van der Waals surface area contributed by atoms with Gasteiger partial charge in [-0.1, -0.05) is 24.3 Å². The molecule has 0 saturated carbocycles. The van der Waals surface area contributed by atoms with Gasteiger partial charge in [0.1, 0.15) is 6.10 Å². The molecule has 0 radical (unpaired) electrons. The molecule has 2 aromatic rings. The van der Waals surface area contributed by atoms with E-state index >= 15 is 0 Å². The summed E-state index contributed by atoms with van der Waals surface area (Å²) in [5.41, 5.74) is 2.34. The average molecular weight is 325 g/mol. The molecule has 1 amide bonds. The lowest BCUT2D eigenvalue weighted by Crippen LogP contribution is -2.51. The Bertz CT molecular complexity index is 714. The van der Waals surface area contributed by atoms with Crippen molar-refractivity contribution in [2.45, 2.75) is 25.5 Å². The van der Waals surface area contributed by atoms with E-state index in [1.54, 1.807) is 0 Å². The van der Waals surface area contributed by atoms with Crippen molar-refractivity contribution in [1.29, 1.82) is 0 Å². The molecule has 2 fully saturated rings. The van der Waals surface area contributed by atoms with Crippen molar-refractivity contribution in [2.75, 3.05) is 32.8 Å². The Kier molecular flexibility index (Phi) is 4.45. The average Bonchev–Trinajstić information content (AvgIpc) is 3.17. The first-order chi connectivity index (χ1) is 11.8. The van der Waals surface area contributed by atoms with Gasteiger partial charge in [-0.3, -0.25) is 14.7 Å². The minimum Gasteiger partial charge on any atom is -0.368 e. The topological polar surface area (TPSA) is 45.7 Å². The number of pyridine rings is 1. The molecule has 0 bridgehead atoms. The Balaban J connectivity index is 1.38. The van der Waals surface area contributed by atoms with Gasteiger partial charge in [-0.05, 0) is 24.5 Å². The maximum absolute atomic E-state index is 12.4. The molecule has 1 atom stereocenters. The molecule has 0 unspecified atom stereocenters. The second-order valence-electron chi connectivity index (χ2n) is 6.60. The number of ether oxygens (including phenoxy) is 1. The molecule has 0 aliphatic carbocycles. The summed E-state index contributed by atoms with van der Waals surface area (Å²) < 4.78 is 5.53. The number of amides is 1. The van der Waals surface area contributed by atoms with Crippen molar-refractivity contribution in [1.82, 2.24) is 14.8 Å². The highest BCUT2D eigenvalue weighted by molar-refractivity contribution is 5.82. The number of hydrogen-bond acceptors (Lipinski definition) is 4. The second-order valence-corrected chi connectivity index (χ2v) is 6.60. The Morgan fingerprint density at radius 3 is 2.79 bits per heavy atom. The third-order valence-corrected chi connectivity index (χ3v) is 5.00. The van der Waals surface area contributed by atoms with Crippen molar-refractivity contribution < 1.29 is 9.53 Å². The zero-order chi connectivity index (χ0) is 16.4. The first kappa shape index (κ1) is 15.5. The standard InChI is InChI=1S/C19H23N3O2/c23-19(17-7-3-13-24-17)22-11-9-21(10-12-22)14-16-5-1-4-15-6-2-8-20-18(15)16/h1-2,4-6,8,17H,3,7,9-14H2/t17-/m1/s1. The molecule has 2 saturated heterocycles. The van der Waals surface area contributed by atoms with Gasteiger partial charge in [0.05, 0.1) is 5.52 Å². The molecular weight excluding hydrogens is 302 g/mol. The van der Waals surface area contributed by atoms with Crippen molar-refractivity contribution in [2.24, 2.45) is 0 Å². The van der Waals surface area contributed by atoms with Crippen molar-refractivity contribution >= 4 is 16.8 Å². The summed E-state index contributed by atoms with van der Waals surface area (Å²) >= 11 is 0. The monoisotopic (exact) mass is 325 g/mol. The summed E-state index contributed by atoms with van der Waals surface area (Å²) in [6, 6.07) is 10.4. The third kappa shape index (κ3) is 3.14. The van der Waals surface area contributed by atoms with Crippen molar-refractivity contribution in [3.8, 4) is 0 Å². The SMILES string of the molecule is O=C([C@H]1CCCO1)N1CCN(Cc2cccc3cccnc23)CC1. The fourth-order valence-electron chi connectivity index (χ4n) is 3.64. The minimum absolute atomic E-state index is 0.180. The molecule has 4 rings (SSSR count). The third-order valence-electron chi connectivity index (χ3n) is 5.00. The summed E-state index contributed by atoms with van der Waals surface area (Å²) in [7, 11) is 0. The highest BCUT2D eigenvalue weighted by Crippen LogP contribution is 2.20. The molecule has 3 heterocycles. The normalized spacial score (nSPS) is 22.2. The highest BCUT2D eigenvalue weighted by Gasteiger charge is 2.30. The molecule has 5 nitrogen and oxygen atoms in total. The summed E-state index contributed by atoms with van der Waals surface area (Å²) in [6.45, 7) is 5.00. The zero-order valence-electron chi connectivity index (χ0n) is 13.9. The molecule has 2 aliphatic rings. The van der Waals surface area contributed by atoms with E-state index in [0.717, 1.165) is 57.7 Å². The summed E-state index contributed by atoms with van der Waals surface area (Å²) in [5, 5.41) is 1.18. The lowest BCUT2D eigenvalue weighted by molar-refractivity contribution is -0.142. The number of carbonyl (C=O) groups is 1. The molecule has 1 aromatic carbocycles. The van der Waals surface area contributed by atoms with Gasteiger partial charge >= 0.3 is 0 Å². The quantitative estimate of drug-likeness (QED) is 0.866. The lowest BCUT2D eigenvalue weighted by Gasteiger charge is -2.35. The molecule has 0 spiro atoms. The van der Waals surface area contributed by atoms with Crippen LogP contribution < -0.4 is 0 Å². The summed E-state index contributed by atoms with van der Waals surface area (Å²) in [5.74, 6) is 0.180. The van der Waals surface area contributed by atoms with E-state index < -0.39 is 0 Å². The number of fused-ring (bicyclic) bond motifs is 1. The van der Waals surface area contributed by atoms with Crippen LogP contribution in [-0.2, 0) is 16.1 Å². The molecule has 1 aromatic heterocycles. The molecular formula is C19H23N3O2. The molecule has 2 aliphatic heterocycles. The Labute approximate surface area is 142 Å². The van der Waals surface area contributed by atoms with Crippen LogP contribution in [0.2, 0.25) is 0 Å². The Hall–Kier alpha value is -1.98. The fraction of sp³-hybridized carbons (Fsp3) is 0.474. The first-order valence-electron chi connectivity index (χ1n) is 8.76. The second kappa shape index (κ2) is 6.87. The molecule has 24 heavy (non-hydrogen) atoms. The van der Waals surface area contributed by atoms with Gasteiger partial charge in [0.25, 0.3) is 5.91 Å². The van der Waals surface area contributed by atoms with E-state index in [-0.39, 0.29) is 12.0 Å². The van der Waals surface area contributed by atoms with Crippen LogP contribution in [0, 0.1) is 0 Å². The number of nitrogens with zero attached hydrogens (tertiary/aromatic N) is 3. The number of carbonyl (C=O) groups excluding carboxylic acids is 1. The smallest absolute Gasteiger partial charge is 0.251 e. The van der Waals surface area contributed by atoms with Crippen LogP contribution in [-0.4, -0.2) is 59.6 Å². The number of aromatic nitrogens is 1. The van der Waals surface area contributed by atoms with Gasteiger partial charge in [0.15, 0.2) is 0 Å². The number of piperazine rings is 1. The Morgan fingerprint density at radius 2 is 2.00 bits per heavy atom. The van der Waals surface area contributed by atoms with Crippen LogP contribution in [0.15, 0.2) is 36.5 Å². The van der Waals surface area contributed by atoms with Crippen LogP contribution in [0.1, 0.15) is 18.4 Å². The zero-order valence-corrected chi connectivity index (χ0v) is 13.9. The van der Waals surface area contributed by atoms with E-state index in [4.69, 9.17) is 4.74 Å². The van der Waals surface area contributed by atoms with Gasteiger partial charge < -0.3 is 9.64 Å². The summed E-state index contributed by atoms with van der Waals surface area (Å²) in [6.07, 6.45) is 3.54. The summed E-state index contributed by atoms with van der Waals surface area (Å²) in [4.78, 5) is 21.3. The maximum atomic E-state index is 12.4. The molecule has 126 valence electrons. The van der Waals surface area contributed by atoms with E-state index in [9.17, 15) is 4.79 Å². The van der Waals surface area contributed by atoms with Crippen LogP contribution in [0.4, 0.5) is 0 Å². The lowest BCUT2D eigenvalue weighted by atomic mass is 10.1. The Morgan fingerprint density at radius 1 is 1.17 bits per heavy atom. The van der Waals surface area contributed by atoms with Crippen LogP contribution in [0.25, 0.3) is 10.9 Å². The van der Waals surface area contributed by atoms with E-state index in [1.165, 1.54) is 10.9 Å². The van der Waals surface area contributed by atoms with E-state index in [1.807, 2.05) is 17.2 Å². The number of para-hydroxylation sites is 1. The van der Waals surface area contributed by atoms with Gasteiger partial charge in [0, 0.05) is 50.9 Å². The maximum Gasteiger partial charge on any atom is 0.251 e. The van der Waals surface area contributed by atoms with Crippen LogP contribution >= 0.6 is 0 Å². The number of benzene rings is 1. The fourth-order valence-corrected chi connectivity index (χ4v) is 3.64. The molecule has 0 N–H and O–H groups in total. The number of rotatable bonds is 3. The van der Waals surface area contributed by atoms with E-state index in [2.05, 4.69) is 34.1 Å². The van der Waals surface area contributed by atoms with E-state index in [0.29, 0.717) is 0 Å². The van der Waals surface area contributed by atoms with Crippen molar-refractivity contribution in [3.05, 3.63) is 42.1 Å². The highest BCUT2D eigenvalue weighted by atomic mass is 16.5. The molecule has 5 heteroatoms. The largest absolute Gasteiger partial charge is 0.368 e.